The molecule has 0 saturated carbocycles. The number of ketones is 1. The van der Waals surface area contributed by atoms with Crippen LogP contribution in [0.15, 0.2) is 60.2 Å². The van der Waals surface area contributed by atoms with Crippen molar-refractivity contribution in [3.8, 4) is 17.2 Å². The molecule has 37 heavy (non-hydrogen) atoms. The molecular formula is C27H22ClF2NO6. The summed E-state index contributed by atoms with van der Waals surface area (Å²) in [5, 5.41) is 11.4. The Hall–Kier alpha value is -4.11. The third-order valence-electron chi connectivity index (χ3n) is 5.85. The molecule has 10 heteroatoms. The van der Waals surface area contributed by atoms with Crippen molar-refractivity contribution in [2.24, 2.45) is 0 Å². The fourth-order valence-electron chi connectivity index (χ4n) is 4.15. The van der Waals surface area contributed by atoms with Crippen molar-refractivity contribution < 1.29 is 37.7 Å². The van der Waals surface area contributed by atoms with E-state index in [9.17, 15) is 23.5 Å². The summed E-state index contributed by atoms with van der Waals surface area (Å²) in [7, 11) is 2.88. The van der Waals surface area contributed by atoms with E-state index in [0.29, 0.717) is 29.4 Å². The van der Waals surface area contributed by atoms with E-state index in [1.807, 2.05) is 0 Å². The molecule has 3 aromatic rings. The Kier molecular flexibility index (Phi) is 7.35. The molecule has 1 saturated heterocycles. The molecule has 4 rings (SSSR count). The first kappa shape index (κ1) is 26.0. The molecule has 1 aliphatic rings. The summed E-state index contributed by atoms with van der Waals surface area (Å²) >= 11 is 6.22. The summed E-state index contributed by atoms with van der Waals surface area (Å²) in [5.74, 6) is -3.82. The number of halogens is 3. The normalized spacial score (nSPS) is 16.7. The van der Waals surface area contributed by atoms with Gasteiger partial charge in [-0.25, -0.2) is 8.78 Å². The van der Waals surface area contributed by atoms with Crippen molar-refractivity contribution in [3.05, 3.63) is 88.0 Å². The van der Waals surface area contributed by atoms with E-state index < -0.39 is 35.1 Å². The summed E-state index contributed by atoms with van der Waals surface area (Å²) < 4.78 is 44.0. The number of amides is 1. The van der Waals surface area contributed by atoms with E-state index in [4.69, 9.17) is 25.8 Å². The van der Waals surface area contributed by atoms with Crippen LogP contribution in [0.2, 0.25) is 5.02 Å². The van der Waals surface area contributed by atoms with Gasteiger partial charge >= 0.3 is 0 Å². The molecular weight excluding hydrogens is 508 g/mol. The topological polar surface area (TPSA) is 85.3 Å². The third-order valence-corrected chi connectivity index (χ3v) is 6.15. The summed E-state index contributed by atoms with van der Waals surface area (Å²) in [4.78, 5) is 27.5. The molecule has 192 valence electrons. The monoisotopic (exact) mass is 529 g/mol. The van der Waals surface area contributed by atoms with Gasteiger partial charge in [0.2, 0.25) is 0 Å². The number of hydrogen-bond acceptors (Lipinski definition) is 6. The van der Waals surface area contributed by atoms with Gasteiger partial charge in [-0.1, -0.05) is 17.7 Å². The molecule has 1 heterocycles. The van der Waals surface area contributed by atoms with E-state index in [1.54, 1.807) is 25.1 Å². The number of ether oxygens (including phenoxy) is 3. The van der Waals surface area contributed by atoms with E-state index in [-0.39, 0.29) is 21.8 Å². The quantitative estimate of drug-likeness (QED) is 0.241. The average molecular weight is 530 g/mol. The minimum Gasteiger partial charge on any atom is -0.507 e. The second-order valence-corrected chi connectivity index (χ2v) is 8.37. The SMILES string of the molecule is CCOc1cc(C2/C(=C(\O)c3ccc(OC)c(Cl)c3)C(=O)C(=O)N2c2ccc(F)c(F)c2)ccc1OC. The first-order valence-electron chi connectivity index (χ1n) is 11.1. The van der Waals surface area contributed by atoms with Gasteiger partial charge in [-0.2, -0.15) is 0 Å². The summed E-state index contributed by atoms with van der Waals surface area (Å²) in [6.45, 7) is 2.07. The van der Waals surface area contributed by atoms with Gasteiger partial charge < -0.3 is 19.3 Å². The lowest BCUT2D eigenvalue weighted by molar-refractivity contribution is -0.132. The van der Waals surface area contributed by atoms with Crippen molar-refractivity contribution in [2.45, 2.75) is 13.0 Å². The largest absolute Gasteiger partial charge is 0.507 e. The molecule has 1 aliphatic heterocycles. The number of hydrogen-bond donors (Lipinski definition) is 1. The highest BCUT2D eigenvalue weighted by atomic mass is 35.5. The van der Waals surface area contributed by atoms with E-state index >= 15 is 0 Å². The first-order chi connectivity index (χ1) is 17.7. The number of rotatable bonds is 7. The molecule has 0 bridgehead atoms. The van der Waals surface area contributed by atoms with Gasteiger partial charge in [0.25, 0.3) is 11.7 Å². The summed E-state index contributed by atoms with van der Waals surface area (Å²) in [6.07, 6.45) is 0. The fraction of sp³-hybridized carbons (Fsp3) is 0.185. The molecule has 1 amide bonds. The number of benzene rings is 3. The van der Waals surface area contributed by atoms with Crippen LogP contribution in [0, 0.1) is 11.6 Å². The zero-order chi connectivity index (χ0) is 26.9. The highest BCUT2D eigenvalue weighted by molar-refractivity contribution is 6.51. The predicted molar refractivity (Wildman–Crippen MR) is 133 cm³/mol. The van der Waals surface area contributed by atoms with Crippen molar-refractivity contribution in [1.29, 1.82) is 0 Å². The van der Waals surface area contributed by atoms with Crippen molar-refractivity contribution in [3.63, 3.8) is 0 Å². The van der Waals surface area contributed by atoms with Crippen molar-refractivity contribution in [1.82, 2.24) is 0 Å². The maximum absolute atomic E-state index is 14.2. The Morgan fingerprint density at radius 3 is 2.27 bits per heavy atom. The second-order valence-electron chi connectivity index (χ2n) is 7.96. The van der Waals surface area contributed by atoms with Crippen LogP contribution in [-0.2, 0) is 9.59 Å². The zero-order valence-corrected chi connectivity index (χ0v) is 20.8. The highest BCUT2D eigenvalue weighted by Crippen LogP contribution is 2.44. The number of methoxy groups -OCH3 is 2. The van der Waals surface area contributed by atoms with Gasteiger partial charge in [-0.3, -0.25) is 14.5 Å². The Morgan fingerprint density at radius 1 is 0.946 bits per heavy atom. The molecule has 1 N–H and O–H groups in total. The number of aliphatic hydroxyl groups excluding tert-OH is 1. The standard InChI is InChI=1S/C27H22ClF2NO6/c1-4-37-22-12-14(5-10-21(22)36-3)24-23(25(32)15-6-9-20(35-2)17(28)11-15)26(33)27(34)31(24)16-7-8-18(29)19(30)13-16/h5-13,24,32H,4H2,1-3H3/b25-23+. The van der Waals surface area contributed by atoms with Crippen LogP contribution in [0.4, 0.5) is 14.5 Å². The van der Waals surface area contributed by atoms with Crippen molar-refractivity contribution >= 4 is 34.7 Å². The van der Waals surface area contributed by atoms with Crippen LogP contribution in [0.3, 0.4) is 0 Å². The Morgan fingerprint density at radius 2 is 1.65 bits per heavy atom. The van der Waals surface area contributed by atoms with E-state index in [1.165, 1.54) is 38.5 Å². The average Bonchev–Trinajstić information content (AvgIpc) is 3.15. The number of carbonyl (C=O) groups is 2. The molecule has 0 aliphatic carbocycles. The van der Waals surface area contributed by atoms with Gasteiger partial charge in [-0.15, -0.1) is 0 Å². The molecule has 0 spiro atoms. The van der Waals surface area contributed by atoms with E-state index in [0.717, 1.165) is 17.0 Å². The number of aliphatic hydroxyl groups is 1. The lowest BCUT2D eigenvalue weighted by Crippen LogP contribution is -2.29. The van der Waals surface area contributed by atoms with Crippen LogP contribution >= 0.6 is 11.6 Å². The minimum atomic E-state index is -1.21. The fourth-order valence-corrected chi connectivity index (χ4v) is 4.41. The van der Waals surface area contributed by atoms with Crippen LogP contribution in [0.25, 0.3) is 5.76 Å². The van der Waals surface area contributed by atoms with Crippen LogP contribution in [0.1, 0.15) is 24.1 Å². The van der Waals surface area contributed by atoms with Gasteiger partial charge in [0.05, 0.1) is 37.5 Å². The van der Waals surface area contributed by atoms with Crippen LogP contribution in [0.5, 0.6) is 17.2 Å². The lowest BCUT2D eigenvalue weighted by atomic mass is 9.94. The van der Waals surface area contributed by atoms with Crippen LogP contribution in [-0.4, -0.2) is 37.6 Å². The minimum absolute atomic E-state index is 0.0772. The number of nitrogens with zero attached hydrogens (tertiary/aromatic N) is 1. The van der Waals surface area contributed by atoms with Gasteiger partial charge in [-0.05, 0) is 55.0 Å². The molecule has 1 atom stereocenters. The Bertz CT molecular complexity index is 1420. The summed E-state index contributed by atoms with van der Waals surface area (Å²) in [5.41, 5.74) is 0.155. The molecule has 0 aromatic heterocycles. The zero-order valence-electron chi connectivity index (χ0n) is 20.1. The van der Waals surface area contributed by atoms with Gasteiger partial charge in [0.1, 0.15) is 11.5 Å². The molecule has 3 aromatic carbocycles. The Labute approximate surface area is 216 Å². The molecule has 1 unspecified atom stereocenters. The molecule has 1 fully saturated rings. The smallest absolute Gasteiger partial charge is 0.300 e. The lowest BCUT2D eigenvalue weighted by Gasteiger charge is -2.26. The van der Waals surface area contributed by atoms with E-state index in [2.05, 4.69) is 0 Å². The number of anilines is 1. The second kappa shape index (κ2) is 10.5. The van der Waals surface area contributed by atoms with Gasteiger partial charge in [0, 0.05) is 17.3 Å². The number of Topliss-reactive ketones (excluding diaryl/α,β-unsaturated/α-hetero) is 1. The molecule has 0 radical (unpaired) electrons. The van der Waals surface area contributed by atoms with Gasteiger partial charge in [0.15, 0.2) is 23.1 Å². The Balaban J connectivity index is 1.97. The van der Waals surface area contributed by atoms with Crippen molar-refractivity contribution in [2.75, 3.05) is 25.7 Å². The predicted octanol–water partition coefficient (Wildman–Crippen LogP) is 5.66. The first-order valence-corrected chi connectivity index (χ1v) is 11.5. The number of carbonyl (C=O) groups excluding carboxylic acids is 2. The highest BCUT2D eigenvalue weighted by Gasteiger charge is 2.47. The molecule has 7 nitrogen and oxygen atoms in total. The maximum Gasteiger partial charge on any atom is 0.300 e. The summed E-state index contributed by atoms with van der Waals surface area (Å²) in [6, 6.07) is 10.7. The maximum atomic E-state index is 14.2. The van der Waals surface area contributed by atoms with Crippen LogP contribution < -0.4 is 19.1 Å². The third kappa shape index (κ3) is 4.70.